The highest BCUT2D eigenvalue weighted by Gasteiger charge is 2.31. The Hall–Kier alpha value is -2.68. The van der Waals surface area contributed by atoms with Gasteiger partial charge in [-0.05, 0) is 24.8 Å². The Labute approximate surface area is 160 Å². The van der Waals surface area contributed by atoms with Crippen LogP contribution in [0.2, 0.25) is 0 Å². The van der Waals surface area contributed by atoms with Crippen molar-refractivity contribution in [3.63, 3.8) is 0 Å². The molecule has 1 fully saturated rings. The van der Waals surface area contributed by atoms with Gasteiger partial charge in [0, 0.05) is 30.6 Å². The number of hydrogen-bond acceptors (Lipinski definition) is 7. The number of nitrogens with zero attached hydrogens (tertiary/aromatic N) is 4. The van der Waals surface area contributed by atoms with Crippen LogP contribution in [0, 0.1) is 17.6 Å². The molecular weight excluding hydrogens is 368 g/mol. The number of nitrogens with one attached hydrogen (secondary N) is 1. The fourth-order valence-corrected chi connectivity index (χ4v) is 3.35. The summed E-state index contributed by atoms with van der Waals surface area (Å²) in [7, 11) is 0. The highest BCUT2D eigenvalue weighted by Crippen LogP contribution is 2.34. The van der Waals surface area contributed by atoms with E-state index in [9.17, 15) is 8.78 Å². The van der Waals surface area contributed by atoms with Crippen molar-refractivity contribution in [3.05, 3.63) is 41.8 Å². The van der Waals surface area contributed by atoms with Crippen molar-refractivity contribution in [3.8, 4) is 0 Å². The van der Waals surface area contributed by atoms with Gasteiger partial charge in [-0.25, -0.2) is 18.7 Å². The highest BCUT2D eigenvalue weighted by molar-refractivity contribution is 5.89. The molecule has 0 spiro atoms. The fraction of sp³-hybridized carbons (Fsp3) is 0.474. The minimum Gasteiger partial charge on any atom is -0.381 e. The first kappa shape index (κ1) is 18.7. The lowest BCUT2D eigenvalue weighted by molar-refractivity contribution is 0.0571. The first-order chi connectivity index (χ1) is 13.5. The largest absolute Gasteiger partial charge is 0.381 e. The molecule has 1 atom stereocenters. The predicted octanol–water partition coefficient (Wildman–Crippen LogP) is 3.99. The van der Waals surface area contributed by atoms with E-state index in [-0.39, 0.29) is 17.9 Å². The Morgan fingerprint density at radius 3 is 2.57 bits per heavy atom. The van der Waals surface area contributed by atoms with E-state index in [1.807, 2.05) is 13.8 Å². The lowest BCUT2D eigenvalue weighted by atomic mass is 9.91. The first-order valence-corrected chi connectivity index (χ1v) is 9.30. The second kappa shape index (κ2) is 7.75. The number of anilines is 1. The van der Waals surface area contributed by atoms with Crippen molar-refractivity contribution in [2.45, 2.75) is 38.6 Å². The molecule has 0 saturated carbocycles. The van der Waals surface area contributed by atoms with E-state index in [2.05, 4.69) is 25.4 Å². The summed E-state index contributed by atoms with van der Waals surface area (Å²) in [5.41, 5.74) is 0.315. The zero-order valence-electron chi connectivity index (χ0n) is 15.7. The molecule has 2 aromatic heterocycles. The number of hydrogen-bond donors (Lipinski definition) is 1. The van der Waals surface area contributed by atoms with Crippen LogP contribution in [0.4, 0.5) is 14.6 Å². The van der Waals surface area contributed by atoms with Gasteiger partial charge in [0.05, 0.1) is 5.52 Å². The molecule has 1 saturated heterocycles. The summed E-state index contributed by atoms with van der Waals surface area (Å²) < 4.78 is 38.4. The second-order valence-corrected chi connectivity index (χ2v) is 7.22. The smallest absolute Gasteiger partial charge is 0.249 e. The third-order valence-corrected chi connectivity index (χ3v) is 4.95. The van der Waals surface area contributed by atoms with Gasteiger partial charge in [0.15, 0.2) is 17.5 Å². The molecule has 28 heavy (non-hydrogen) atoms. The van der Waals surface area contributed by atoms with Crippen LogP contribution in [0.1, 0.15) is 50.4 Å². The Balaban J connectivity index is 1.73. The molecule has 0 aliphatic carbocycles. The van der Waals surface area contributed by atoms with Gasteiger partial charge in [0.25, 0.3) is 0 Å². The summed E-state index contributed by atoms with van der Waals surface area (Å²) in [6, 6.07) is 1.83. The third-order valence-electron chi connectivity index (χ3n) is 4.95. The minimum absolute atomic E-state index is 0.129. The average molecular weight is 389 g/mol. The zero-order chi connectivity index (χ0) is 19.7. The van der Waals surface area contributed by atoms with Crippen LogP contribution in [-0.2, 0) is 4.74 Å². The number of halogens is 2. The van der Waals surface area contributed by atoms with E-state index < -0.39 is 11.6 Å². The van der Waals surface area contributed by atoms with Crippen LogP contribution in [0.3, 0.4) is 0 Å². The van der Waals surface area contributed by atoms with Crippen molar-refractivity contribution >= 4 is 16.7 Å². The van der Waals surface area contributed by atoms with Gasteiger partial charge in [-0.1, -0.05) is 19.0 Å². The fourth-order valence-electron chi connectivity index (χ4n) is 3.35. The van der Waals surface area contributed by atoms with Crippen LogP contribution in [-0.4, -0.2) is 33.3 Å². The maximum absolute atomic E-state index is 13.8. The van der Waals surface area contributed by atoms with Gasteiger partial charge in [0.2, 0.25) is 5.89 Å². The minimum atomic E-state index is -0.951. The Morgan fingerprint density at radius 1 is 1.11 bits per heavy atom. The predicted molar refractivity (Wildman–Crippen MR) is 97.7 cm³/mol. The molecule has 1 unspecified atom stereocenters. The van der Waals surface area contributed by atoms with Crippen molar-refractivity contribution in [2.24, 2.45) is 5.92 Å². The Morgan fingerprint density at radius 2 is 1.86 bits per heavy atom. The van der Waals surface area contributed by atoms with Crippen LogP contribution in [0.25, 0.3) is 10.9 Å². The van der Waals surface area contributed by atoms with E-state index in [1.165, 1.54) is 6.33 Å². The van der Waals surface area contributed by atoms with Crippen molar-refractivity contribution < 1.29 is 18.0 Å². The van der Waals surface area contributed by atoms with Crippen LogP contribution in [0.5, 0.6) is 0 Å². The quantitative estimate of drug-likeness (QED) is 0.706. The number of benzene rings is 1. The van der Waals surface area contributed by atoms with Crippen molar-refractivity contribution in [1.82, 2.24) is 20.1 Å². The van der Waals surface area contributed by atoms with Crippen LogP contribution >= 0.6 is 0 Å². The molecule has 7 nitrogen and oxygen atoms in total. The number of rotatable bonds is 5. The Kier molecular flexibility index (Phi) is 5.17. The summed E-state index contributed by atoms with van der Waals surface area (Å²) >= 11 is 0. The molecule has 9 heteroatoms. The summed E-state index contributed by atoms with van der Waals surface area (Å²) in [6.45, 7) is 5.25. The first-order valence-electron chi connectivity index (χ1n) is 9.30. The van der Waals surface area contributed by atoms with Gasteiger partial charge < -0.3 is 14.6 Å². The molecule has 0 amide bonds. The molecule has 3 heterocycles. The van der Waals surface area contributed by atoms with E-state index >= 15 is 0 Å². The summed E-state index contributed by atoms with van der Waals surface area (Å²) in [5.74, 6) is -0.136. The molecule has 4 rings (SSSR count). The second-order valence-electron chi connectivity index (χ2n) is 7.22. The molecule has 148 valence electrons. The van der Waals surface area contributed by atoms with Gasteiger partial charge in [0.1, 0.15) is 18.2 Å². The standard InChI is InChI=1S/C19H21F2N5O2/c1-10(2)17-25-19(28-26-17)16(11-3-5-27-6-4-11)24-18-12-7-13(20)14(21)8-15(12)22-9-23-18/h7-11,16H,3-6H2,1-2H3,(H,22,23,24). The van der Waals surface area contributed by atoms with Crippen LogP contribution in [0.15, 0.2) is 23.0 Å². The lowest BCUT2D eigenvalue weighted by Crippen LogP contribution is -2.27. The van der Waals surface area contributed by atoms with Gasteiger partial charge in [-0.3, -0.25) is 0 Å². The molecule has 0 radical (unpaired) electrons. The Bertz CT molecular complexity index is 972. The molecule has 1 aliphatic rings. The van der Waals surface area contributed by atoms with E-state index in [0.29, 0.717) is 41.6 Å². The number of aromatic nitrogens is 4. The van der Waals surface area contributed by atoms with Gasteiger partial charge in [-0.2, -0.15) is 4.98 Å². The van der Waals surface area contributed by atoms with Gasteiger partial charge >= 0.3 is 0 Å². The molecule has 1 aromatic carbocycles. The molecule has 0 bridgehead atoms. The summed E-state index contributed by atoms with van der Waals surface area (Å²) in [6.07, 6.45) is 2.93. The van der Waals surface area contributed by atoms with Crippen molar-refractivity contribution in [2.75, 3.05) is 18.5 Å². The summed E-state index contributed by atoms with van der Waals surface area (Å²) in [5, 5.41) is 7.77. The van der Waals surface area contributed by atoms with E-state index in [4.69, 9.17) is 9.26 Å². The normalized spacial score (nSPS) is 16.6. The molecular formula is C19H21F2N5O2. The average Bonchev–Trinajstić information content (AvgIpc) is 3.18. The monoisotopic (exact) mass is 389 g/mol. The van der Waals surface area contributed by atoms with Gasteiger partial charge in [-0.15, -0.1) is 0 Å². The van der Waals surface area contributed by atoms with Crippen LogP contribution < -0.4 is 5.32 Å². The highest BCUT2D eigenvalue weighted by atomic mass is 19.2. The maximum Gasteiger partial charge on any atom is 0.249 e. The number of ether oxygens (including phenoxy) is 1. The maximum atomic E-state index is 13.8. The lowest BCUT2D eigenvalue weighted by Gasteiger charge is -2.29. The molecule has 1 aliphatic heterocycles. The zero-order valence-corrected chi connectivity index (χ0v) is 15.7. The summed E-state index contributed by atoms with van der Waals surface area (Å²) in [4.78, 5) is 12.8. The molecule has 1 N–H and O–H groups in total. The molecule has 3 aromatic rings. The number of fused-ring (bicyclic) bond motifs is 1. The van der Waals surface area contributed by atoms with Crippen molar-refractivity contribution in [1.29, 1.82) is 0 Å². The third kappa shape index (κ3) is 3.66. The SMILES string of the molecule is CC(C)c1noc(C(Nc2ncnc3cc(F)c(F)cc23)C2CCOCC2)n1. The van der Waals surface area contributed by atoms with E-state index in [0.717, 1.165) is 25.0 Å². The van der Waals surface area contributed by atoms with E-state index in [1.54, 1.807) is 0 Å². The topological polar surface area (TPSA) is 86.0 Å².